The number of aromatic nitrogens is 3. The fourth-order valence-corrected chi connectivity index (χ4v) is 3.23. The van der Waals surface area contributed by atoms with E-state index in [9.17, 15) is 9.90 Å². The first-order chi connectivity index (χ1) is 11.6. The van der Waals surface area contributed by atoms with Crippen molar-refractivity contribution >= 4 is 5.91 Å². The van der Waals surface area contributed by atoms with E-state index in [1.807, 2.05) is 25.2 Å². The Morgan fingerprint density at radius 2 is 2.08 bits per heavy atom. The molecule has 1 atom stereocenters. The summed E-state index contributed by atoms with van der Waals surface area (Å²) >= 11 is 0. The van der Waals surface area contributed by atoms with Gasteiger partial charge in [0.2, 0.25) is 5.91 Å². The Labute approximate surface area is 141 Å². The quantitative estimate of drug-likeness (QED) is 0.801. The molecule has 6 nitrogen and oxygen atoms in total. The van der Waals surface area contributed by atoms with Crippen LogP contribution < -0.4 is 5.32 Å². The normalized spacial score (nSPS) is 21.1. The molecule has 0 radical (unpaired) electrons. The molecule has 128 valence electrons. The third kappa shape index (κ3) is 4.20. The zero-order valence-corrected chi connectivity index (χ0v) is 13.9. The van der Waals surface area contributed by atoms with Crippen molar-refractivity contribution in [3.05, 3.63) is 48.0 Å². The van der Waals surface area contributed by atoms with Crippen LogP contribution in [0.5, 0.6) is 0 Å². The number of hydrogen-bond donors (Lipinski definition) is 2. The Hall–Kier alpha value is -2.21. The molecule has 24 heavy (non-hydrogen) atoms. The Balaban J connectivity index is 1.56. The molecular weight excluding hydrogens is 304 g/mol. The highest BCUT2D eigenvalue weighted by Crippen LogP contribution is 2.31. The summed E-state index contributed by atoms with van der Waals surface area (Å²) in [5, 5.41) is 16.9. The minimum atomic E-state index is -0.221. The van der Waals surface area contributed by atoms with Crippen molar-refractivity contribution in [2.75, 3.05) is 0 Å². The van der Waals surface area contributed by atoms with Gasteiger partial charge >= 0.3 is 0 Å². The highest BCUT2D eigenvalue weighted by atomic mass is 16.3. The van der Waals surface area contributed by atoms with E-state index >= 15 is 0 Å². The lowest BCUT2D eigenvalue weighted by molar-refractivity contribution is -0.122. The van der Waals surface area contributed by atoms with E-state index in [-0.39, 0.29) is 18.1 Å². The number of aliphatic hydroxyl groups is 1. The van der Waals surface area contributed by atoms with Crippen LogP contribution in [0.15, 0.2) is 36.8 Å². The van der Waals surface area contributed by atoms with Gasteiger partial charge in [0.25, 0.3) is 0 Å². The van der Waals surface area contributed by atoms with Crippen molar-refractivity contribution in [1.29, 1.82) is 0 Å². The van der Waals surface area contributed by atoms with Gasteiger partial charge in [-0.05, 0) is 55.4 Å². The molecule has 6 heteroatoms. The zero-order valence-electron chi connectivity index (χ0n) is 13.9. The second kappa shape index (κ2) is 7.57. The standard InChI is InChI=1S/C18H24N4O2/c1-22-15(6-9-20-22)2-3-18(24)21-17(14-11-16(23)12-14)10-13-4-7-19-8-5-13/h4-9,14,16-17,23H,2-3,10-12H2,1H3,(H,21,24). The number of nitrogens with one attached hydrogen (secondary N) is 1. The summed E-state index contributed by atoms with van der Waals surface area (Å²) in [5.74, 6) is 0.394. The van der Waals surface area contributed by atoms with Crippen molar-refractivity contribution in [1.82, 2.24) is 20.1 Å². The van der Waals surface area contributed by atoms with Gasteiger partial charge in [-0.3, -0.25) is 14.5 Å². The van der Waals surface area contributed by atoms with Crippen LogP contribution in [0, 0.1) is 5.92 Å². The molecule has 1 unspecified atom stereocenters. The predicted molar refractivity (Wildman–Crippen MR) is 90.1 cm³/mol. The van der Waals surface area contributed by atoms with Gasteiger partial charge in [-0.25, -0.2) is 0 Å². The number of rotatable bonds is 7. The van der Waals surface area contributed by atoms with Gasteiger partial charge in [0.05, 0.1) is 6.10 Å². The number of nitrogens with zero attached hydrogens (tertiary/aromatic N) is 3. The molecule has 2 heterocycles. The van der Waals surface area contributed by atoms with Crippen LogP contribution in [0.2, 0.25) is 0 Å². The van der Waals surface area contributed by atoms with E-state index in [1.54, 1.807) is 23.3 Å². The van der Waals surface area contributed by atoms with E-state index in [0.29, 0.717) is 18.8 Å². The van der Waals surface area contributed by atoms with Gasteiger partial charge in [0.15, 0.2) is 0 Å². The minimum Gasteiger partial charge on any atom is -0.393 e. The molecule has 1 fully saturated rings. The lowest BCUT2D eigenvalue weighted by atomic mass is 9.75. The van der Waals surface area contributed by atoms with Crippen LogP contribution in [0.4, 0.5) is 0 Å². The Morgan fingerprint density at radius 3 is 2.71 bits per heavy atom. The van der Waals surface area contributed by atoms with Crippen molar-refractivity contribution in [2.24, 2.45) is 13.0 Å². The van der Waals surface area contributed by atoms with Crippen LogP contribution in [0.25, 0.3) is 0 Å². The molecule has 3 rings (SSSR count). The van der Waals surface area contributed by atoms with Crippen molar-refractivity contribution in [2.45, 2.75) is 44.2 Å². The van der Waals surface area contributed by atoms with Crippen LogP contribution in [0.1, 0.15) is 30.5 Å². The highest BCUT2D eigenvalue weighted by Gasteiger charge is 2.34. The summed E-state index contributed by atoms with van der Waals surface area (Å²) in [6.07, 6.45) is 8.49. The van der Waals surface area contributed by atoms with Gasteiger partial charge in [-0.15, -0.1) is 0 Å². The van der Waals surface area contributed by atoms with Crippen LogP contribution in [-0.4, -0.2) is 37.9 Å². The smallest absolute Gasteiger partial charge is 0.220 e. The number of aliphatic hydroxyl groups excluding tert-OH is 1. The van der Waals surface area contributed by atoms with E-state index in [0.717, 1.165) is 30.5 Å². The summed E-state index contributed by atoms with van der Waals surface area (Å²) < 4.78 is 1.80. The molecule has 2 aromatic rings. The van der Waals surface area contributed by atoms with Crippen molar-refractivity contribution in [3.8, 4) is 0 Å². The summed E-state index contributed by atoms with van der Waals surface area (Å²) in [7, 11) is 1.88. The second-order valence-electron chi connectivity index (χ2n) is 6.57. The van der Waals surface area contributed by atoms with Crippen molar-refractivity contribution in [3.63, 3.8) is 0 Å². The molecule has 0 spiro atoms. The van der Waals surface area contributed by atoms with Gasteiger partial charge in [0.1, 0.15) is 0 Å². The number of carbonyl (C=O) groups is 1. The van der Waals surface area contributed by atoms with Gasteiger partial charge < -0.3 is 10.4 Å². The molecule has 0 aliphatic heterocycles. The fraction of sp³-hybridized carbons (Fsp3) is 0.500. The fourth-order valence-electron chi connectivity index (χ4n) is 3.23. The average molecular weight is 328 g/mol. The average Bonchev–Trinajstić information content (AvgIpc) is 2.95. The monoisotopic (exact) mass is 328 g/mol. The molecule has 1 saturated carbocycles. The largest absolute Gasteiger partial charge is 0.393 e. The van der Waals surface area contributed by atoms with E-state index in [1.165, 1.54) is 0 Å². The van der Waals surface area contributed by atoms with E-state index < -0.39 is 0 Å². The lowest BCUT2D eigenvalue weighted by Gasteiger charge is -2.38. The van der Waals surface area contributed by atoms with Crippen LogP contribution in [-0.2, 0) is 24.7 Å². The lowest BCUT2D eigenvalue weighted by Crippen LogP contribution is -2.48. The van der Waals surface area contributed by atoms with Crippen LogP contribution >= 0.6 is 0 Å². The van der Waals surface area contributed by atoms with Crippen molar-refractivity contribution < 1.29 is 9.90 Å². The molecule has 0 bridgehead atoms. The second-order valence-corrected chi connectivity index (χ2v) is 6.57. The summed E-state index contributed by atoms with van der Waals surface area (Å²) in [5.41, 5.74) is 2.21. The first-order valence-corrected chi connectivity index (χ1v) is 8.45. The zero-order chi connectivity index (χ0) is 16.9. The summed E-state index contributed by atoms with van der Waals surface area (Å²) in [6.45, 7) is 0. The predicted octanol–water partition coefficient (Wildman–Crippen LogP) is 1.25. The maximum atomic E-state index is 12.4. The van der Waals surface area contributed by atoms with E-state index in [4.69, 9.17) is 0 Å². The third-order valence-corrected chi connectivity index (χ3v) is 4.80. The Bertz CT molecular complexity index is 665. The Kier molecular flexibility index (Phi) is 5.25. The maximum Gasteiger partial charge on any atom is 0.220 e. The van der Waals surface area contributed by atoms with Gasteiger partial charge in [-0.1, -0.05) is 0 Å². The molecule has 2 aromatic heterocycles. The molecule has 1 aliphatic carbocycles. The minimum absolute atomic E-state index is 0.0524. The SMILES string of the molecule is Cn1nccc1CCC(=O)NC(Cc1ccncc1)C1CC(O)C1. The molecular formula is C18H24N4O2. The summed E-state index contributed by atoms with van der Waals surface area (Å²) in [4.78, 5) is 16.4. The number of amides is 1. The number of carbonyl (C=O) groups excluding carboxylic acids is 1. The highest BCUT2D eigenvalue weighted by molar-refractivity contribution is 5.76. The molecule has 2 N–H and O–H groups in total. The van der Waals surface area contributed by atoms with Crippen LogP contribution in [0.3, 0.4) is 0 Å². The van der Waals surface area contributed by atoms with Gasteiger partial charge in [0, 0.05) is 43.8 Å². The van der Waals surface area contributed by atoms with E-state index in [2.05, 4.69) is 15.4 Å². The topological polar surface area (TPSA) is 80.0 Å². The third-order valence-electron chi connectivity index (χ3n) is 4.80. The molecule has 0 aromatic carbocycles. The Morgan fingerprint density at radius 1 is 1.33 bits per heavy atom. The molecule has 0 saturated heterocycles. The van der Waals surface area contributed by atoms with Gasteiger partial charge in [-0.2, -0.15) is 5.10 Å². The first kappa shape index (κ1) is 16.6. The number of pyridine rings is 1. The number of hydrogen-bond acceptors (Lipinski definition) is 4. The first-order valence-electron chi connectivity index (χ1n) is 8.45. The number of aryl methyl sites for hydroxylation is 2. The maximum absolute atomic E-state index is 12.4. The summed E-state index contributed by atoms with van der Waals surface area (Å²) in [6, 6.07) is 5.95. The molecule has 1 amide bonds. The molecule has 1 aliphatic rings.